The van der Waals surface area contributed by atoms with Crippen LogP contribution in [-0.2, 0) is 6.42 Å². The second kappa shape index (κ2) is 6.17. The SMILES string of the molecule is CC(N)Cc1cc(F)ccc1Oc1ccccc1Br. The molecule has 0 aliphatic rings. The van der Waals surface area contributed by atoms with Gasteiger partial charge in [0, 0.05) is 6.04 Å². The lowest BCUT2D eigenvalue weighted by Gasteiger charge is -2.13. The van der Waals surface area contributed by atoms with Crippen molar-refractivity contribution in [1.82, 2.24) is 0 Å². The fourth-order valence-electron chi connectivity index (χ4n) is 1.80. The first kappa shape index (κ1) is 14.0. The lowest BCUT2D eigenvalue weighted by Crippen LogP contribution is -2.18. The van der Waals surface area contributed by atoms with Crippen LogP contribution in [0.3, 0.4) is 0 Å². The number of halogens is 2. The number of ether oxygens (including phenoxy) is 1. The Kier molecular flexibility index (Phi) is 4.56. The van der Waals surface area contributed by atoms with E-state index in [0.717, 1.165) is 10.0 Å². The third kappa shape index (κ3) is 3.78. The normalized spacial score (nSPS) is 12.2. The van der Waals surface area contributed by atoms with Gasteiger partial charge in [-0.2, -0.15) is 0 Å². The molecule has 2 rings (SSSR count). The fourth-order valence-corrected chi connectivity index (χ4v) is 2.17. The number of para-hydroxylation sites is 1. The summed E-state index contributed by atoms with van der Waals surface area (Å²) >= 11 is 3.42. The summed E-state index contributed by atoms with van der Waals surface area (Å²) in [4.78, 5) is 0. The number of hydrogen-bond acceptors (Lipinski definition) is 2. The summed E-state index contributed by atoms with van der Waals surface area (Å²) in [6.07, 6.45) is 0.567. The zero-order chi connectivity index (χ0) is 13.8. The van der Waals surface area contributed by atoms with Gasteiger partial charge in [-0.1, -0.05) is 12.1 Å². The fraction of sp³-hybridized carbons (Fsp3) is 0.200. The van der Waals surface area contributed by atoms with E-state index in [4.69, 9.17) is 10.5 Å². The molecule has 0 saturated heterocycles. The molecule has 2 N–H and O–H groups in total. The quantitative estimate of drug-likeness (QED) is 0.911. The summed E-state index contributed by atoms with van der Waals surface area (Å²) in [6.45, 7) is 1.88. The smallest absolute Gasteiger partial charge is 0.141 e. The van der Waals surface area contributed by atoms with Crippen molar-refractivity contribution in [3.8, 4) is 11.5 Å². The maximum Gasteiger partial charge on any atom is 0.141 e. The van der Waals surface area contributed by atoms with Gasteiger partial charge in [0.15, 0.2) is 0 Å². The second-order valence-electron chi connectivity index (χ2n) is 4.47. The molecule has 19 heavy (non-hydrogen) atoms. The first-order valence-electron chi connectivity index (χ1n) is 6.02. The van der Waals surface area contributed by atoms with Crippen LogP contribution >= 0.6 is 15.9 Å². The molecule has 4 heteroatoms. The topological polar surface area (TPSA) is 35.2 Å². The van der Waals surface area contributed by atoms with Gasteiger partial charge in [-0.3, -0.25) is 0 Å². The molecule has 0 spiro atoms. The monoisotopic (exact) mass is 323 g/mol. The Balaban J connectivity index is 2.32. The summed E-state index contributed by atoms with van der Waals surface area (Å²) in [5.41, 5.74) is 6.55. The van der Waals surface area contributed by atoms with Gasteiger partial charge >= 0.3 is 0 Å². The Morgan fingerprint density at radius 2 is 1.95 bits per heavy atom. The van der Waals surface area contributed by atoms with Gasteiger partial charge in [-0.15, -0.1) is 0 Å². The highest BCUT2D eigenvalue weighted by Gasteiger charge is 2.10. The Morgan fingerprint density at radius 1 is 1.21 bits per heavy atom. The molecule has 100 valence electrons. The molecule has 2 nitrogen and oxygen atoms in total. The predicted octanol–water partition coefficient (Wildman–Crippen LogP) is 4.27. The molecule has 0 bridgehead atoms. The first-order valence-corrected chi connectivity index (χ1v) is 6.82. The van der Waals surface area contributed by atoms with E-state index < -0.39 is 0 Å². The van der Waals surface area contributed by atoms with E-state index in [-0.39, 0.29) is 11.9 Å². The van der Waals surface area contributed by atoms with Gasteiger partial charge in [-0.05, 0) is 65.2 Å². The molecule has 0 saturated carbocycles. The molecule has 2 aromatic rings. The van der Waals surface area contributed by atoms with Gasteiger partial charge in [0.1, 0.15) is 17.3 Å². The van der Waals surface area contributed by atoms with Gasteiger partial charge in [0.05, 0.1) is 4.47 Å². The van der Waals surface area contributed by atoms with E-state index in [0.29, 0.717) is 17.9 Å². The molecule has 0 aliphatic carbocycles. The molecular formula is C15H15BrFNO. The summed E-state index contributed by atoms with van der Waals surface area (Å²) in [6, 6.07) is 12.0. The maximum absolute atomic E-state index is 13.3. The standard InChI is InChI=1S/C15H15BrFNO/c1-10(18)8-11-9-12(17)6-7-14(11)19-15-5-3-2-4-13(15)16/h2-7,9-10H,8,18H2,1H3. The molecule has 1 unspecified atom stereocenters. The third-order valence-corrected chi connectivity index (χ3v) is 3.28. The largest absolute Gasteiger partial charge is 0.456 e. The van der Waals surface area contributed by atoms with Crippen molar-refractivity contribution in [2.75, 3.05) is 0 Å². The highest BCUT2D eigenvalue weighted by molar-refractivity contribution is 9.10. The highest BCUT2D eigenvalue weighted by Crippen LogP contribution is 2.31. The minimum absolute atomic E-state index is 0.0524. The van der Waals surface area contributed by atoms with Crippen LogP contribution in [0.4, 0.5) is 4.39 Å². The van der Waals surface area contributed by atoms with Crippen molar-refractivity contribution >= 4 is 15.9 Å². The number of rotatable bonds is 4. The average molecular weight is 324 g/mol. The van der Waals surface area contributed by atoms with Crippen molar-refractivity contribution in [2.24, 2.45) is 5.73 Å². The molecule has 0 aliphatic heterocycles. The van der Waals surface area contributed by atoms with Crippen molar-refractivity contribution in [3.05, 3.63) is 58.3 Å². The van der Waals surface area contributed by atoms with Crippen LogP contribution < -0.4 is 10.5 Å². The van der Waals surface area contributed by atoms with Gasteiger partial charge in [0.2, 0.25) is 0 Å². The first-order chi connectivity index (χ1) is 9.06. The van der Waals surface area contributed by atoms with Crippen LogP contribution in [0, 0.1) is 5.82 Å². The van der Waals surface area contributed by atoms with Crippen molar-refractivity contribution in [2.45, 2.75) is 19.4 Å². The van der Waals surface area contributed by atoms with Gasteiger partial charge < -0.3 is 10.5 Å². The molecule has 2 aromatic carbocycles. The summed E-state index contributed by atoms with van der Waals surface area (Å²) in [5.74, 6) is 1.04. The van der Waals surface area contributed by atoms with E-state index in [2.05, 4.69) is 15.9 Å². The van der Waals surface area contributed by atoms with Crippen molar-refractivity contribution in [3.63, 3.8) is 0 Å². The number of hydrogen-bond donors (Lipinski definition) is 1. The Morgan fingerprint density at radius 3 is 2.63 bits per heavy atom. The van der Waals surface area contributed by atoms with E-state index in [1.165, 1.54) is 12.1 Å². The van der Waals surface area contributed by atoms with Crippen LogP contribution in [0.5, 0.6) is 11.5 Å². The minimum atomic E-state index is -0.282. The predicted molar refractivity (Wildman–Crippen MR) is 78.0 cm³/mol. The van der Waals surface area contributed by atoms with Crippen LogP contribution in [0.1, 0.15) is 12.5 Å². The second-order valence-corrected chi connectivity index (χ2v) is 5.32. The molecular weight excluding hydrogens is 309 g/mol. The number of nitrogens with two attached hydrogens (primary N) is 1. The number of benzene rings is 2. The average Bonchev–Trinajstić information content (AvgIpc) is 2.34. The Labute approximate surface area is 120 Å². The van der Waals surface area contributed by atoms with Gasteiger partial charge in [0.25, 0.3) is 0 Å². The molecule has 0 heterocycles. The van der Waals surface area contributed by atoms with Crippen LogP contribution in [0.15, 0.2) is 46.9 Å². The van der Waals surface area contributed by atoms with Gasteiger partial charge in [-0.25, -0.2) is 4.39 Å². The lowest BCUT2D eigenvalue weighted by molar-refractivity contribution is 0.468. The van der Waals surface area contributed by atoms with Crippen LogP contribution in [0.2, 0.25) is 0 Å². The van der Waals surface area contributed by atoms with Crippen LogP contribution in [0.25, 0.3) is 0 Å². The molecule has 0 aromatic heterocycles. The molecule has 0 fully saturated rings. The highest BCUT2D eigenvalue weighted by atomic mass is 79.9. The zero-order valence-electron chi connectivity index (χ0n) is 10.6. The van der Waals surface area contributed by atoms with E-state index in [9.17, 15) is 4.39 Å². The van der Waals surface area contributed by atoms with Crippen molar-refractivity contribution in [1.29, 1.82) is 0 Å². The molecule has 0 amide bonds. The lowest BCUT2D eigenvalue weighted by atomic mass is 10.1. The zero-order valence-corrected chi connectivity index (χ0v) is 12.2. The molecule has 0 radical (unpaired) electrons. The van der Waals surface area contributed by atoms with E-state index >= 15 is 0 Å². The summed E-state index contributed by atoms with van der Waals surface area (Å²) in [5, 5.41) is 0. The van der Waals surface area contributed by atoms with E-state index in [1.807, 2.05) is 31.2 Å². The maximum atomic E-state index is 13.3. The van der Waals surface area contributed by atoms with Crippen molar-refractivity contribution < 1.29 is 9.13 Å². The third-order valence-electron chi connectivity index (χ3n) is 2.62. The Hall–Kier alpha value is -1.39. The summed E-state index contributed by atoms with van der Waals surface area (Å²) in [7, 11) is 0. The summed E-state index contributed by atoms with van der Waals surface area (Å²) < 4.78 is 20.0. The van der Waals surface area contributed by atoms with Crippen LogP contribution in [-0.4, -0.2) is 6.04 Å². The minimum Gasteiger partial charge on any atom is -0.456 e. The molecule has 1 atom stereocenters. The van der Waals surface area contributed by atoms with E-state index in [1.54, 1.807) is 6.07 Å². The Bertz CT molecular complexity index is 572.